The quantitative estimate of drug-likeness (QED) is 0.720. The van der Waals surface area contributed by atoms with Crippen molar-refractivity contribution in [3.63, 3.8) is 0 Å². The molecular formula is C17H15ClN4OS. The van der Waals surface area contributed by atoms with E-state index in [0.29, 0.717) is 22.4 Å². The van der Waals surface area contributed by atoms with Gasteiger partial charge >= 0.3 is 6.03 Å². The molecule has 0 aliphatic carbocycles. The zero-order valence-corrected chi connectivity index (χ0v) is 14.5. The fourth-order valence-corrected chi connectivity index (χ4v) is 3.15. The van der Waals surface area contributed by atoms with Crippen LogP contribution < -0.4 is 10.2 Å². The van der Waals surface area contributed by atoms with Gasteiger partial charge in [0.15, 0.2) is 0 Å². The Balaban J connectivity index is 1.77. The molecule has 0 radical (unpaired) electrons. The van der Waals surface area contributed by atoms with Gasteiger partial charge in [0.2, 0.25) is 5.13 Å². The third-order valence-corrected chi connectivity index (χ3v) is 4.57. The molecular weight excluding hydrogens is 344 g/mol. The van der Waals surface area contributed by atoms with E-state index in [0.717, 1.165) is 10.6 Å². The van der Waals surface area contributed by atoms with Gasteiger partial charge in [-0.2, -0.15) is 0 Å². The highest BCUT2D eigenvalue weighted by molar-refractivity contribution is 7.18. The SMILES string of the molecule is CCN(C(=O)Nc1ccc(Cl)cc1)c1nnc(-c2ccccc2)s1. The Hall–Kier alpha value is -2.44. The minimum atomic E-state index is -0.254. The van der Waals surface area contributed by atoms with Crippen LogP contribution in [0.25, 0.3) is 10.6 Å². The molecule has 0 aliphatic rings. The van der Waals surface area contributed by atoms with E-state index in [9.17, 15) is 4.79 Å². The Kier molecular flexibility index (Phi) is 5.08. The van der Waals surface area contributed by atoms with Crippen molar-refractivity contribution in [3.8, 4) is 10.6 Å². The van der Waals surface area contributed by atoms with Gasteiger partial charge in [0.05, 0.1) is 0 Å². The highest BCUT2D eigenvalue weighted by atomic mass is 35.5. The number of carbonyl (C=O) groups excluding carboxylic acids is 1. The second kappa shape index (κ2) is 7.42. The average molecular weight is 359 g/mol. The van der Waals surface area contributed by atoms with Crippen molar-refractivity contribution >= 4 is 39.8 Å². The summed E-state index contributed by atoms with van der Waals surface area (Å²) in [6.45, 7) is 2.38. The minimum Gasteiger partial charge on any atom is -0.307 e. The molecule has 0 saturated heterocycles. The van der Waals surface area contributed by atoms with Crippen molar-refractivity contribution < 1.29 is 4.79 Å². The molecule has 0 atom stereocenters. The van der Waals surface area contributed by atoms with E-state index in [2.05, 4.69) is 15.5 Å². The summed E-state index contributed by atoms with van der Waals surface area (Å²) in [7, 11) is 0. The number of aromatic nitrogens is 2. The first-order valence-corrected chi connectivity index (χ1v) is 8.60. The summed E-state index contributed by atoms with van der Waals surface area (Å²) in [5, 5.41) is 13.1. The molecule has 7 heteroatoms. The van der Waals surface area contributed by atoms with Crippen molar-refractivity contribution in [2.75, 3.05) is 16.8 Å². The van der Waals surface area contributed by atoms with Crippen molar-refractivity contribution in [3.05, 3.63) is 59.6 Å². The minimum absolute atomic E-state index is 0.254. The summed E-state index contributed by atoms with van der Waals surface area (Å²) in [6.07, 6.45) is 0. The van der Waals surface area contributed by atoms with E-state index in [1.54, 1.807) is 29.2 Å². The van der Waals surface area contributed by atoms with Crippen LogP contribution >= 0.6 is 22.9 Å². The topological polar surface area (TPSA) is 58.1 Å². The number of hydrogen-bond acceptors (Lipinski definition) is 4. The first-order chi connectivity index (χ1) is 11.7. The maximum absolute atomic E-state index is 12.5. The number of anilines is 2. The van der Waals surface area contributed by atoms with Gasteiger partial charge in [0.1, 0.15) is 5.01 Å². The number of urea groups is 1. The van der Waals surface area contributed by atoms with Crippen molar-refractivity contribution in [2.45, 2.75) is 6.92 Å². The third kappa shape index (κ3) is 3.72. The molecule has 3 rings (SSSR count). The summed E-state index contributed by atoms with van der Waals surface area (Å²) in [5.41, 5.74) is 1.66. The summed E-state index contributed by atoms with van der Waals surface area (Å²) in [6, 6.07) is 16.5. The van der Waals surface area contributed by atoms with Crippen LogP contribution in [0.15, 0.2) is 54.6 Å². The largest absolute Gasteiger partial charge is 0.328 e. The van der Waals surface area contributed by atoms with Crippen LogP contribution in [0.1, 0.15) is 6.92 Å². The van der Waals surface area contributed by atoms with Crippen LogP contribution in [0, 0.1) is 0 Å². The molecule has 2 amide bonds. The molecule has 2 aromatic carbocycles. The molecule has 1 aromatic heterocycles. The van der Waals surface area contributed by atoms with E-state index in [-0.39, 0.29) is 6.03 Å². The van der Waals surface area contributed by atoms with Crippen molar-refractivity contribution in [1.29, 1.82) is 0 Å². The van der Waals surface area contributed by atoms with Gasteiger partial charge in [0.25, 0.3) is 0 Å². The first-order valence-electron chi connectivity index (χ1n) is 7.40. The van der Waals surface area contributed by atoms with Gasteiger partial charge in [-0.3, -0.25) is 4.90 Å². The Labute approximate surface area is 148 Å². The number of benzene rings is 2. The fraction of sp³-hybridized carbons (Fsp3) is 0.118. The monoisotopic (exact) mass is 358 g/mol. The zero-order valence-electron chi connectivity index (χ0n) is 12.9. The molecule has 0 unspecified atom stereocenters. The molecule has 122 valence electrons. The summed E-state index contributed by atoms with van der Waals surface area (Å²) in [4.78, 5) is 14.0. The maximum atomic E-state index is 12.5. The molecule has 1 N–H and O–H groups in total. The Bertz CT molecular complexity index is 820. The van der Waals surface area contributed by atoms with Gasteiger partial charge in [-0.25, -0.2) is 4.79 Å². The normalized spacial score (nSPS) is 10.4. The van der Waals surface area contributed by atoms with Crippen molar-refractivity contribution in [1.82, 2.24) is 10.2 Å². The third-order valence-electron chi connectivity index (χ3n) is 3.32. The molecule has 0 aliphatic heterocycles. The number of halogens is 1. The van der Waals surface area contributed by atoms with E-state index >= 15 is 0 Å². The van der Waals surface area contributed by atoms with Crippen LogP contribution in [-0.4, -0.2) is 22.8 Å². The number of nitrogens with zero attached hydrogens (tertiary/aromatic N) is 3. The maximum Gasteiger partial charge on any atom is 0.328 e. The van der Waals surface area contributed by atoms with Crippen LogP contribution in [-0.2, 0) is 0 Å². The molecule has 0 saturated carbocycles. The number of nitrogens with one attached hydrogen (secondary N) is 1. The van der Waals surface area contributed by atoms with E-state index in [1.807, 2.05) is 37.3 Å². The van der Waals surface area contributed by atoms with Crippen LogP contribution in [0.2, 0.25) is 5.02 Å². The Morgan fingerprint density at radius 1 is 1.12 bits per heavy atom. The van der Waals surface area contributed by atoms with Crippen LogP contribution in [0.3, 0.4) is 0 Å². The number of rotatable bonds is 4. The molecule has 24 heavy (non-hydrogen) atoms. The lowest BCUT2D eigenvalue weighted by Crippen LogP contribution is -2.34. The lowest BCUT2D eigenvalue weighted by Gasteiger charge is -2.17. The number of amides is 2. The predicted octanol–water partition coefficient (Wildman–Crippen LogP) is 4.92. The zero-order chi connectivity index (χ0) is 16.9. The number of hydrogen-bond donors (Lipinski definition) is 1. The molecule has 0 fully saturated rings. The highest BCUT2D eigenvalue weighted by Gasteiger charge is 2.19. The second-order valence-electron chi connectivity index (χ2n) is 4.94. The molecule has 0 spiro atoms. The fourth-order valence-electron chi connectivity index (χ4n) is 2.11. The van der Waals surface area contributed by atoms with Gasteiger partial charge in [0, 0.05) is 22.8 Å². The standard InChI is InChI=1S/C17H15ClN4OS/c1-2-22(16(23)19-14-10-8-13(18)9-11-14)17-21-20-15(24-17)12-6-4-3-5-7-12/h3-11H,2H2,1H3,(H,19,23). The Morgan fingerprint density at radius 2 is 1.83 bits per heavy atom. The molecule has 0 bridgehead atoms. The van der Waals surface area contributed by atoms with Gasteiger partial charge in [-0.15, -0.1) is 10.2 Å². The van der Waals surface area contributed by atoms with Gasteiger partial charge < -0.3 is 5.32 Å². The summed E-state index contributed by atoms with van der Waals surface area (Å²) in [5.74, 6) is 0. The molecule has 5 nitrogen and oxygen atoms in total. The Morgan fingerprint density at radius 3 is 2.50 bits per heavy atom. The van der Waals surface area contributed by atoms with Gasteiger partial charge in [-0.1, -0.05) is 53.3 Å². The van der Waals surface area contributed by atoms with E-state index in [1.165, 1.54) is 11.3 Å². The summed E-state index contributed by atoms with van der Waals surface area (Å²) < 4.78 is 0. The lowest BCUT2D eigenvalue weighted by atomic mass is 10.2. The second-order valence-corrected chi connectivity index (χ2v) is 6.33. The lowest BCUT2D eigenvalue weighted by molar-refractivity contribution is 0.257. The van der Waals surface area contributed by atoms with Crippen molar-refractivity contribution in [2.24, 2.45) is 0 Å². The smallest absolute Gasteiger partial charge is 0.307 e. The van der Waals surface area contributed by atoms with E-state index < -0.39 is 0 Å². The first kappa shape index (κ1) is 16.4. The predicted molar refractivity (Wildman–Crippen MR) is 98.8 cm³/mol. The molecule has 3 aromatic rings. The van der Waals surface area contributed by atoms with Crippen LogP contribution in [0.4, 0.5) is 15.6 Å². The molecule has 1 heterocycles. The van der Waals surface area contributed by atoms with Gasteiger partial charge in [-0.05, 0) is 31.2 Å². The van der Waals surface area contributed by atoms with E-state index in [4.69, 9.17) is 11.6 Å². The highest BCUT2D eigenvalue weighted by Crippen LogP contribution is 2.28. The van der Waals surface area contributed by atoms with Crippen LogP contribution in [0.5, 0.6) is 0 Å². The average Bonchev–Trinajstić information content (AvgIpc) is 3.08. The number of carbonyl (C=O) groups is 1. The summed E-state index contributed by atoms with van der Waals surface area (Å²) >= 11 is 7.24.